The molecule has 0 radical (unpaired) electrons. The monoisotopic (exact) mass is 282 g/mol. The number of carbonyl (C=O) groups is 2. The lowest BCUT2D eigenvalue weighted by Gasteiger charge is -2.25. The molecule has 0 aromatic carbocycles. The van der Waals surface area contributed by atoms with Crippen LogP contribution in [0.15, 0.2) is 12.7 Å². The fraction of sp³-hybridized carbons (Fsp3) is 0.733. The van der Waals surface area contributed by atoms with Gasteiger partial charge in [0.25, 0.3) is 0 Å². The first-order chi connectivity index (χ1) is 9.65. The summed E-state index contributed by atoms with van der Waals surface area (Å²) in [6.45, 7) is 6.61. The number of carbonyl (C=O) groups excluding carboxylic acids is 2. The van der Waals surface area contributed by atoms with Gasteiger partial charge in [0.15, 0.2) is 0 Å². The van der Waals surface area contributed by atoms with E-state index in [4.69, 9.17) is 4.74 Å². The molecule has 0 aromatic rings. The number of ether oxygens (including phenoxy) is 1. The van der Waals surface area contributed by atoms with Gasteiger partial charge >= 0.3 is 5.97 Å². The first-order valence-corrected chi connectivity index (χ1v) is 7.44. The molecule has 1 fully saturated rings. The predicted molar refractivity (Wildman–Crippen MR) is 78.3 cm³/mol. The van der Waals surface area contributed by atoms with E-state index >= 15 is 0 Å². The summed E-state index contributed by atoms with van der Waals surface area (Å²) < 4.78 is 4.90. The average Bonchev–Trinajstić information content (AvgIpc) is 2.40. The number of nitrogens with one attached hydrogen (secondary N) is 1. The van der Waals surface area contributed by atoms with Gasteiger partial charge in [0.05, 0.1) is 19.7 Å². The van der Waals surface area contributed by atoms with Crippen LogP contribution in [0.25, 0.3) is 0 Å². The van der Waals surface area contributed by atoms with Crippen molar-refractivity contribution in [2.75, 3.05) is 26.2 Å². The van der Waals surface area contributed by atoms with Gasteiger partial charge < -0.3 is 10.1 Å². The highest BCUT2D eigenvalue weighted by Gasteiger charge is 2.18. The standard InChI is InChI=1S/C15H26N2O3/c1-3-10-17(12-15(19)20-4-2)11-14(18)16-13-8-6-5-7-9-13/h3,13H,1,4-12H2,2H3,(H,16,18). The van der Waals surface area contributed by atoms with E-state index in [1.165, 1.54) is 19.3 Å². The number of hydrogen-bond acceptors (Lipinski definition) is 4. The Kier molecular flexibility index (Phi) is 7.95. The van der Waals surface area contributed by atoms with Gasteiger partial charge in [-0.2, -0.15) is 0 Å². The Hall–Kier alpha value is -1.36. The van der Waals surface area contributed by atoms with Crippen molar-refractivity contribution in [2.45, 2.75) is 45.1 Å². The van der Waals surface area contributed by atoms with E-state index in [9.17, 15) is 9.59 Å². The van der Waals surface area contributed by atoms with Gasteiger partial charge in [-0.1, -0.05) is 25.3 Å². The molecular formula is C15H26N2O3. The smallest absolute Gasteiger partial charge is 0.320 e. The summed E-state index contributed by atoms with van der Waals surface area (Å²) in [6, 6.07) is 0.296. The molecule has 114 valence electrons. The molecule has 1 saturated carbocycles. The highest BCUT2D eigenvalue weighted by Crippen LogP contribution is 2.17. The molecule has 1 aliphatic rings. The summed E-state index contributed by atoms with van der Waals surface area (Å²) >= 11 is 0. The average molecular weight is 282 g/mol. The molecule has 5 nitrogen and oxygen atoms in total. The van der Waals surface area contributed by atoms with E-state index in [1.54, 1.807) is 17.9 Å². The van der Waals surface area contributed by atoms with Crippen LogP contribution in [0.5, 0.6) is 0 Å². The van der Waals surface area contributed by atoms with Crippen molar-refractivity contribution in [3.63, 3.8) is 0 Å². The van der Waals surface area contributed by atoms with Crippen LogP contribution in [-0.4, -0.2) is 49.1 Å². The third-order valence-corrected chi connectivity index (χ3v) is 3.38. The molecule has 1 amide bonds. The maximum absolute atomic E-state index is 12.0. The van der Waals surface area contributed by atoms with Crippen molar-refractivity contribution in [3.8, 4) is 0 Å². The lowest BCUT2D eigenvalue weighted by molar-refractivity contribution is -0.144. The summed E-state index contributed by atoms with van der Waals surface area (Å²) in [6.07, 6.45) is 7.44. The Bertz CT molecular complexity index is 325. The van der Waals surface area contributed by atoms with Gasteiger partial charge in [-0.25, -0.2) is 0 Å². The van der Waals surface area contributed by atoms with Gasteiger partial charge in [-0.3, -0.25) is 14.5 Å². The minimum Gasteiger partial charge on any atom is -0.465 e. The van der Waals surface area contributed by atoms with Crippen LogP contribution in [0.3, 0.4) is 0 Å². The van der Waals surface area contributed by atoms with E-state index in [1.807, 2.05) is 0 Å². The molecular weight excluding hydrogens is 256 g/mol. The second-order valence-corrected chi connectivity index (χ2v) is 5.17. The van der Waals surface area contributed by atoms with Gasteiger partial charge in [-0.05, 0) is 19.8 Å². The molecule has 0 heterocycles. The zero-order valence-electron chi connectivity index (χ0n) is 12.4. The SMILES string of the molecule is C=CCN(CC(=O)NC1CCCCC1)CC(=O)OCC. The van der Waals surface area contributed by atoms with Crippen LogP contribution in [0.4, 0.5) is 0 Å². The molecule has 0 bridgehead atoms. The quantitative estimate of drug-likeness (QED) is 0.541. The molecule has 1 N–H and O–H groups in total. The maximum atomic E-state index is 12.0. The van der Waals surface area contributed by atoms with Crippen molar-refractivity contribution >= 4 is 11.9 Å². The van der Waals surface area contributed by atoms with Crippen LogP contribution >= 0.6 is 0 Å². The van der Waals surface area contributed by atoms with E-state index in [-0.39, 0.29) is 25.0 Å². The zero-order valence-corrected chi connectivity index (χ0v) is 12.4. The largest absolute Gasteiger partial charge is 0.465 e. The topological polar surface area (TPSA) is 58.6 Å². The summed E-state index contributed by atoms with van der Waals surface area (Å²) in [5, 5.41) is 3.05. The molecule has 0 unspecified atom stereocenters. The third kappa shape index (κ3) is 6.70. The molecule has 1 rings (SSSR count). The number of esters is 1. The first-order valence-electron chi connectivity index (χ1n) is 7.44. The first kappa shape index (κ1) is 16.7. The van der Waals surface area contributed by atoms with Crippen molar-refractivity contribution in [1.82, 2.24) is 10.2 Å². The molecule has 0 aromatic heterocycles. The molecule has 20 heavy (non-hydrogen) atoms. The number of amides is 1. The van der Waals surface area contributed by atoms with Gasteiger partial charge in [0.2, 0.25) is 5.91 Å². The number of nitrogens with zero attached hydrogens (tertiary/aromatic N) is 1. The van der Waals surface area contributed by atoms with Crippen molar-refractivity contribution in [2.24, 2.45) is 0 Å². The second-order valence-electron chi connectivity index (χ2n) is 5.17. The van der Waals surface area contributed by atoms with Gasteiger partial charge in [-0.15, -0.1) is 6.58 Å². The molecule has 0 saturated heterocycles. The van der Waals surface area contributed by atoms with E-state index in [0.29, 0.717) is 19.2 Å². The number of rotatable bonds is 8. The summed E-state index contributed by atoms with van der Waals surface area (Å²) in [4.78, 5) is 25.2. The van der Waals surface area contributed by atoms with Crippen LogP contribution in [0.2, 0.25) is 0 Å². The second kappa shape index (κ2) is 9.53. The van der Waals surface area contributed by atoms with Gasteiger partial charge in [0.1, 0.15) is 0 Å². The van der Waals surface area contributed by atoms with Crippen LogP contribution in [0.1, 0.15) is 39.0 Å². The van der Waals surface area contributed by atoms with E-state index in [0.717, 1.165) is 12.8 Å². The fourth-order valence-electron chi connectivity index (χ4n) is 2.48. The molecule has 5 heteroatoms. The van der Waals surface area contributed by atoms with Crippen LogP contribution < -0.4 is 5.32 Å². The summed E-state index contributed by atoms with van der Waals surface area (Å²) in [5.41, 5.74) is 0. The predicted octanol–water partition coefficient (Wildman–Crippen LogP) is 1.49. The minimum atomic E-state index is -0.306. The molecule has 1 aliphatic carbocycles. The lowest BCUT2D eigenvalue weighted by atomic mass is 9.95. The Morgan fingerprint density at radius 3 is 2.60 bits per heavy atom. The Balaban J connectivity index is 2.36. The maximum Gasteiger partial charge on any atom is 0.320 e. The van der Waals surface area contributed by atoms with Crippen molar-refractivity contribution < 1.29 is 14.3 Å². The Morgan fingerprint density at radius 1 is 1.30 bits per heavy atom. The van der Waals surface area contributed by atoms with Gasteiger partial charge in [0, 0.05) is 12.6 Å². The number of hydrogen-bond donors (Lipinski definition) is 1. The van der Waals surface area contributed by atoms with E-state index in [2.05, 4.69) is 11.9 Å². The van der Waals surface area contributed by atoms with Crippen LogP contribution in [-0.2, 0) is 14.3 Å². The Morgan fingerprint density at radius 2 is 2.00 bits per heavy atom. The lowest BCUT2D eigenvalue weighted by Crippen LogP contribution is -2.44. The Labute approximate surface area is 121 Å². The fourth-order valence-corrected chi connectivity index (χ4v) is 2.48. The minimum absolute atomic E-state index is 0.0250. The zero-order chi connectivity index (χ0) is 14.8. The highest BCUT2D eigenvalue weighted by atomic mass is 16.5. The molecule has 0 atom stereocenters. The van der Waals surface area contributed by atoms with Crippen LogP contribution in [0, 0.1) is 0 Å². The molecule has 0 spiro atoms. The van der Waals surface area contributed by atoms with E-state index < -0.39 is 0 Å². The van der Waals surface area contributed by atoms with Crippen molar-refractivity contribution in [1.29, 1.82) is 0 Å². The van der Waals surface area contributed by atoms with Crippen molar-refractivity contribution in [3.05, 3.63) is 12.7 Å². The third-order valence-electron chi connectivity index (χ3n) is 3.38. The molecule has 0 aliphatic heterocycles. The normalized spacial score (nSPS) is 15.9. The summed E-state index contributed by atoms with van der Waals surface area (Å²) in [7, 11) is 0. The highest BCUT2D eigenvalue weighted by molar-refractivity contribution is 5.79. The summed E-state index contributed by atoms with van der Waals surface area (Å²) in [5.74, 6) is -0.331.